The van der Waals surface area contributed by atoms with Crippen molar-refractivity contribution >= 4 is 5.88 Å². The fourth-order valence-electron chi connectivity index (χ4n) is 1.60. The maximum Gasteiger partial charge on any atom is 0.433 e. The summed E-state index contributed by atoms with van der Waals surface area (Å²) in [6.45, 7) is 0.962. The third-order valence-corrected chi connectivity index (χ3v) is 2.51. The molecule has 0 atom stereocenters. The minimum absolute atomic E-state index is 0.166. The Morgan fingerprint density at radius 1 is 1.26 bits per heavy atom. The summed E-state index contributed by atoms with van der Waals surface area (Å²) in [5, 5.41) is 13.5. The molecule has 6 heteroatoms. The average Bonchev–Trinajstić information content (AvgIpc) is 2.87. The van der Waals surface area contributed by atoms with Gasteiger partial charge in [0.25, 0.3) is 0 Å². The number of nitrogens with zero attached hydrogens (tertiary/aromatic N) is 1. The molecule has 0 bridgehead atoms. The van der Waals surface area contributed by atoms with E-state index in [1.54, 1.807) is 0 Å². The van der Waals surface area contributed by atoms with Crippen LogP contribution in [0.25, 0.3) is 0 Å². The van der Waals surface area contributed by atoms with E-state index in [4.69, 9.17) is 9.15 Å². The Kier molecular flexibility index (Phi) is 4.15. The Balaban J connectivity index is 1.92. The third-order valence-electron chi connectivity index (χ3n) is 2.51. The van der Waals surface area contributed by atoms with Gasteiger partial charge in [-0.25, -0.2) is 0 Å². The molecule has 0 fully saturated rings. The second-order valence-electron chi connectivity index (χ2n) is 3.96. The molecule has 0 spiro atoms. The number of hydrogen-bond acceptors (Lipinski definition) is 5. The predicted octanol–water partition coefficient (Wildman–Crippen LogP) is 2.49. The lowest BCUT2D eigenvalue weighted by Gasteiger charge is -2.05. The van der Waals surface area contributed by atoms with Crippen molar-refractivity contribution in [1.82, 2.24) is 5.32 Å². The van der Waals surface area contributed by atoms with E-state index in [2.05, 4.69) is 5.32 Å². The second-order valence-corrected chi connectivity index (χ2v) is 3.96. The van der Waals surface area contributed by atoms with E-state index >= 15 is 0 Å². The Morgan fingerprint density at radius 3 is 2.58 bits per heavy atom. The van der Waals surface area contributed by atoms with Crippen LogP contribution in [0.1, 0.15) is 11.3 Å². The fraction of sp³-hybridized carbons (Fsp3) is 0.231. The first-order chi connectivity index (χ1) is 9.19. The van der Waals surface area contributed by atoms with Gasteiger partial charge in [0.2, 0.25) is 0 Å². The SMILES string of the molecule is CNCc1ccc(OCc2ccc([N+](=O)[O-])o2)cc1. The number of benzene rings is 1. The maximum absolute atomic E-state index is 10.5. The van der Waals surface area contributed by atoms with Crippen LogP contribution in [-0.2, 0) is 13.2 Å². The zero-order chi connectivity index (χ0) is 13.7. The minimum Gasteiger partial charge on any atom is -0.486 e. The van der Waals surface area contributed by atoms with Gasteiger partial charge in [-0.1, -0.05) is 12.1 Å². The van der Waals surface area contributed by atoms with Crippen LogP contribution in [-0.4, -0.2) is 12.0 Å². The van der Waals surface area contributed by atoms with E-state index < -0.39 is 4.92 Å². The van der Waals surface area contributed by atoms with Crippen molar-refractivity contribution in [1.29, 1.82) is 0 Å². The number of ether oxygens (including phenoxy) is 1. The lowest BCUT2D eigenvalue weighted by atomic mass is 10.2. The number of furan rings is 1. The van der Waals surface area contributed by atoms with Gasteiger partial charge < -0.3 is 14.5 Å². The number of hydrogen-bond donors (Lipinski definition) is 1. The summed E-state index contributed by atoms with van der Waals surface area (Å²) < 4.78 is 10.5. The van der Waals surface area contributed by atoms with Crippen LogP contribution >= 0.6 is 0 Å². The van der Waals surface area contributed by atoms with E-state index in [0.29, 0.717) is 11.5 Å². The molecule has 100 valence electrons. The Morgan fingerprint density at radius 2 is 2.00 bits per heavy atom. The molecule has 1 aromatic heterocycles. The van der Waals surface area contributed by atoms with E-state index in [9.17, 15) is 10.1 Å². The van der Waals surface area contributed by atoms with Gasteiger partial charge >= 0.3 is 5.88 Å². The van der Waals surface area contributed by atoms with Gasteiger partial charge in [-0.2, -0.15) is 0 Å². The van der Waals surface area contributed by atoms with Crippen molar-refractivity contribution in [2.75, 3.05) is 7.05 Å². The number of nitrogens with one attached hydrogen (secondary N) is 1. The van der Waals surface area contributed by atoms with Crippen LogP contribution in [0.5, 0.6) is 5.75 Å². The number of nitro groups is 1. The normalized spacial score (nSPS) is 10.4. The zero-order valence-corrected chi connectivity index (χ0v) is 10.5. The van der Waals surface area contributed by atoms with Crippen LogP contribution in [0, 0.1) is 10.1 Å². The van der Waals surface area contributed by atoms with Gasteiger partial charge in [0.15, 0.2) is 0 Å². The highest BCUT2D eigenvalue weighted by atomic mass is 16.6. The molecule has 2 rings (SSSR count). The van der Waals surface area contributed by atoms with Gasteiger partial charge in [-0.3, -0.25) is 10.1 Å². The van der Waals surface area contributed by atoms with Gasteiger partial charge in [0.1, 0.15) is 23.0 Å². The predicted molar refractivity (Wildman–Crippen MR) is 68.9 cm³/mol. The van der Waals surface area contributed by atoms with Crippen LogP contribution < -0.4 is 10.1 Å². The smallest absolute Gasteiger partial charge is 0.433 e. The molecule has 0 aliphatic rings. The fourth-order valence-corrected chi connectivity index (χ4v) is 1.60. The summed E-state index contributed by atoms with van der Waals surface area (Å²) in [4.78, 5) is 9.88. The van der Waals surface area contributed by atoms with Gasteiger partial charge in [-0.05, 0) is 30.8 Å². The Labute approximate surface area is 110 Å². The summed E-state index contributed by atoms with van der Waals surface area (Å²) in [5.41, 5.74) is 1.16. The molecule has 19 heavy (non-hydrogen) atoms. The molecule has 0 saturated carbocycles. The van der Waals surface area contributed by atoms with E-state index in [1.807, 2.05) is 31.3 Å². The van der Waals surface area contributed by atoms with Crippen molar-refractivity contribution in [3.05, 3.63) is 57.8 Å². The molecule has 0 radical (unpaired) electrons. The van der Waals surface area contributed by atoms with E-state index in [-0.39, 0.29) is 12.5 Å². The highest BCUT2D eigenvalue weighted by Gasteiger charge is 2.11. The lowest BCUT2D eigenvalue weighted by molar-refractivity contribution is -0.402. The number of rotatable bonds is 6. The molecule has 2 aromatic rings. The first-order valence-electron chi connectivity index (χ1n) is 5.78. The molecule has 6 nitrogen and oxygen atoms in total. The quantitative estimate of drug-likeness (QED) is 0.639. The molecular formula is C13H14N2O4. The third kappa shape index (κ3) is 3.56. The van der Waals surface area contributed by atoms with Gasteiger partial charge in [-0.15, -0.1) is 0 Å². The maximum atomic E-state index is 10.5. The average molecular weight is 262 g/mol. The van der Waals surface area contributed by atoms with Gasteiger partial charge in [0, 0.05) is 6.54 Å². The van der Waals surface area contributed by atoms with Gasteiger partial charge in [0.05, 0.1) is 6.07 Å². The molecule has 0 aliphatic heterocycles. The van der Waals surface area contributed by atoms with E-state index in [0.717, 1.165) is 12.1 Å². The van der Waals surface area contributed by atoms with Crippen molar-refractivity contribution < 1.29 is 14.1 Å². The summed E-state index contributed by atoms with van der Waals surface area (Å²) in [6, 6.07) is 10.5. The molecule has 0 saturated heterocycles. The molecule has 1 aromatic carbocycles. The minimum atomic E-state index is -0.573. The standard InChI is InChI=1S/C13H14N2O4/c1-14-8-10-2-4-11(5-3-10)18-9-12-6-7-13(19-12)15(16)17/h2-7,14H,8-9H2,1H3. The molecule has 0 unspecified atom stereocenters. The van der Waals surface area contributed by atoms with Crippen molar-refractivity contribution in [2.24, 2.45) is 0 Å². The summed E-state index contributed by atoms with van der Waals surface area (Å²) >= 11 is 0. The summed E-state index contributed by atoms with van der Waals surface area (Å²) in [6.07, 6.45) is 0. The van der Waals surface area contributed by atoms with E-state index in [1.165, 1.54) is 12.1 Å². The highest BCUT2D eigenvalue weighted by molar-refractivity contribution is 5.27. The first-order valence-corrected chi connectivity index (χ1v) is 5.78. The lowest BCUT2D eigenvalue weighted by Crippen LogP contribution is -2.04. The summed E-state index contributed by atoms with van der Waals surface area (Å²) in [5.74, 6) is 0.841. The van der Waals surface area contributed by atoms with Crippen LogP contribution in [0.3, 0.4) is 0 Å². The van der Waals surface area contributed by atoms with Crippen LogP contribution in [0.15, 0.2) is 40.8 Å². The van der Waals surface area contributed by atoms with Crippen molar-refractivity contribution in [2.45, 2.75) is 13.2 Å². The highest BCUT2D eigenvalue weighted by Crippen LogP contribution is 2.18. The Hall–Kier alpha value is -2.34. The molecular weight excluding hydrogens is 248 g/mol. The summed E-state index contributed by atoms with van der Waals surface area (Å²) in [7, 11) is 1.88. The zero-order valence-electron chi connectivity index (χ0n) is 10.5. The van der Waals surface area contributed by atoms with Crippen molar-refractivity contribution in [3.8, 4) is 5.75 Å². The molecule has 1 N–H and O–H groups in total. The molecule has 0 amide bonds. The van der Waals surface area contributed by atoms with Crippen LogP contribution in [0.2, 0.25) is 0 Å². The van der Waals surface area contributed by atoms with Crippen molar-refractivity contribution in [3.63, 3.8) is 0 Å². The first kappa shape index (κ1) is 13.1. The van der Waals surface area contributed by atoms with Crippen LogP contribution in [0.4, 0.5) is 5.88 Å². The molecule has 1 heterocycles. The monoisotopic (exact) mass is 262 g/mol. The Bertz CT molecular complexity index is 548. The topological polar surface area (TPSA) is 77.5 Å². The second kappa shape index (κ2) is 6.01. The molecule has 0 aliphatic carbocycles. The largest absolute Gasteiger partial charge is 0.486 e.